The maximum Gasteiger partial charge on any atom is 0.326 e. The van der Waals surface area contributed by atoms with Gasteiger partial charge in [0.15, 0.2) is 6.61 Å². The molecule has 0 aliphatic heterocycles. The van der Waals surface area contributed by atoms with Crippen molar-refractivity contribution in [1.82, 2.24) is 5.32 Å². The predicted octanol–water partition coefficient (Wildman–Crippen LogP) is 2.52. The lowest BCUT2D eigenvalue weighted by Crippen LogP contribution is -2.51. The number of fused-ring (bicyclic) bond motifs is 5. The van der Waals surface area contributed by atoms with E-state index >= 15 is 0 Å². The first-order valence-corrected chi connectivity index (χ1v) is 12.9. The van der Waals surface area contributed by atoms with Gasteiger partial charge in [-0.3, -0.25) is 9.59 Å². The molecule has 5 N–H and O–H groups in total. The maximum atomic E-state index is 12.1. The van der Waals surface area contributed by atoms with E-state index < -0.39 is 30.4 Å². The van der Waals surface area contributed by atoms with Crippen LogP contribution in [0.2, 0.25) is 0 Å². The minimum atomic E-state index is -1.23. The van der Waals surface area contributed by atoms with E-state index in [1.165, 1.54) is 5.57 Å². The van der Waals surface area contributed by atoms with Crippen LogP contribution in [-0.2, 0) is 19.2 Å². The molecule has 4 aliphatic carbocycles. The number of carbonyl (C=O) groups excluding carboxylic acids is 2. The molecular weight excluding hydrogens is 450 g/mol. The van der Waals surface area contributed by atoms with Crippen LogP contribution in [0, 0.1) is 28.6 Å². The van der Waals surface area contributed by atoms with E-state index in [-0.39, 0.29) is 29.8 Å². The molecule has 2 amide bonds. The number of hydrogen-bond acceptors (Lipinski definition) is 6. The van der Waals surface area contributed by atoms with Gasteiger partial charge in [-0.15, -0.1) is 0 Å². The van der Waals surface area contributed by atoms with Gasteiger partial charge in [-0.2, -0.15) is 0 Å². The largest absolute Gasteiger partial charge is 0.480 e. The van der Waals surface area contributed by atoms with Crippen molar-refractivity contribution in [2.75, 3.05) is 6.61 Å². The molecule has 3 saturated carbocycles. The maximum absolute atomic E-state index is 12.1. The van der Waals surface area contributed by atoms with E-state index in [9.17, 15) is 24.6 Å². The summed E-state index contributed by atoms with van der Waals surface area (Å²) in [4.78, 5) is 39.5. The van der Waals surface area contributed by atoms with Crippen LogP contribution in [0.5, 0.6) is 0 Å². The highest BCUT2D eigenvalue weighted by Crippen LogP contribution is 2.65. The number of amides is 2. The summed E-state index contributed by atoms with van der Waals surface area (Å²) in [5, 5.41) is 26.4. The van der Waals surface area contributed by atoms with Crippen molar-refractivity contribution >= 4 is 23.5 Å². The third kappa shape index (κ3) is 4.97. The Morgan fingerprint density at radius 3 is 2.66 bits per heavy atom. The highest BCUT2D eigenvalue weighted by molar-refractivity contribution is 5.96. The van der Waals surface area contributed by atoms with Gasteiger partial charge in [0.1, 0.15) is 6.04 Å². The molecule has 9 heteroatoms. The summed E-state index contributed by atoms with van der Waals surface area (Å²) in [7, 11) is 0. The van der Waals surface area contributed by atoms with Gasteiger partial charge in [-0.05, 0) is 92.4 Å². The van der Waals surface area contributed by atoms with Crippen molar-refractivity contribution < 1.29 is 29.4 Å². The summed E-state index contributed by atoms with van der Waals surface area (Å²) in [6, 6.07) is -1.20. The molecule has 0 bridgehead atoms. The van der Waals surface area contributed by atoms with Crippen LogP contribution in [0.15, 0.2) is 16.8 Å². The molecule has 0 aromatic heterocycles. The van der Waals surface area contributed by atoms with E-state index in [2.05, 4.69) is 30.4 Å². The number of oxime groups is 1. The number of aliphatic carboxylic acids is 1. The van der Waals surface area contributed by atoms with Gasteiger partial charge in [0.2, 0.25) is 5.91 Å². The highest BCUT2D eigenvalue weighted by atomic mass is 16.6. The smallest absolute Gasteiger partial charge is 0.326 e. The number of aliphatic hydroxyl groups is 1. The van der Waals surface area contributed by atoms with Crippen LogP contribution in [0.3, 0.4) is 0 Å². The molecule has 0 radical (unpaired) electrons. The average Bonchev–Trinajstić information content (AvgIpc) is 3.11. The third-order valence-electron chi connectivity index (χ3n) is 9.62. The molecule has 7 atom stereocenters. The Bertz CT molecular complexity index is 932. The van der Waals surface area contributed by atoms with Crippen LogP contribution in [0.1, 0.15) is 78.1 Å². The van der Waals surface area contributed by atoms with Crippen molar-refractivity contribution in [2.45, 2.75) is 90.2 Å². The van der Waals surface area contributed by atoms with Crippen molar-refractivity contribution in [1.29, 1.82) is 0 Å². The molecule has 0 unspecified atom stereocenters. The van der Waals surface area contributed by atoms with Gasteiger partial charge in [-0.1, -0.05) is 24.6 Å². The molecule has 0 aromatic rings. The van der Waals surface area contributed by atoms with Gasteiger partial charge >= 0.3 is 5.97 Å². The number of primary amides is 1. The Kier molecular flexibility index (Phi) is 7.27. The fourth-order valence-electron chi connectivity index (χ4n) is 7.57. The van der Waals surface area contributed by atoms with Gasteiger partial charge in [0.05, 0.1) is 11.8 Å². The van der Waals surface area contributed by atoms with Crippen molar-refractivity contribution in [3.63, 3.8) is 0 Å². The zero-order valence-electron chi connectivity index (χ0n) is 20.8. The molecule has 3 fully saturated rings. The van der Waals surface area contributed by atoms with Crippen LogP contribution in [0.25, 0.3) is 0 Å². The van der Waals surface area contributed by atoms with Crippen LogP contribution in [-0.4, -0.2) is 52.5 Å². The number of hydrogen-bond donors (Lipinski definition) is 4. The quantitative estimate of drug-likeness (QED) is 0.385. The molecule has 0 spiro atoms. The first kappa shape index (κ1) is 25.7. The minimum absolute atomic E-state index is 0.0727. The number of nitrogens with two attached hydrogens (primary N) is 1. The standard InChI is InChI=1S/C26H39N3O6/c1-25-11-9-16(29-35-14-23(32)28-20(24(33)34)6-8-22(27)31)13-15(25)3-4-17-18-5-7-21(30)26(18,2)12-10-19(17)25/h13,17-21,30H,3-12,14H2,1-2H3,(H2,27,31)(H,28,32)(H,33,34)/b29-16-/t17-,18-,19-,20-,21+,25-,26-/m0/s1. The Hall–Kier alpha value is -2.42. The number of nitrogens with zero attached hydrogens (tertiary/aromatic N) is 1. The van der Waals surface area contributed by atoms with E-state index in [0.717, 1.165) is 57.1 Å². The van der Waals surface area contributed by atoms with Crippen LogP contribution >= 0.6 is 0 Å². The van der Waals surface area contributed by atoms with E-state index in [1.54, 1.807) is 0 Å². The monoisotopic (exact) mass is 489 g/mol. The number of nitrogens with one attached hydrogen (secondary N) is 1. The number of carboxylic acids is 1. The SMILES string of the molecule is C[C@]12CC[C@H]3[C@@H](CCC4=C/C(=N\OCC(=O)N[C@@H](CCC(N)=O)C(=O)O)CC[C@@]43C)[C@@H]1CC[C@H]2O. The van der Waals surface area contributed by atoms with Gasteiger partial charge < -0.3 is 26.1 Å². The van der Waals surface area contributed by atoms with Gasteiger partial charge in [0, 0.05) is 6.42 Å². The number of aliphatic hydroxyl groups excluding tert-OH is 1. The topological polar surface area (TPSA) is 151 Å². The third-order valence-corrected chi connectivity index (χ3v) is 9.62. The molecule has 9 nitrogen and oxygen atoms in total. The summed E-state index contributed by atoms with van der Waals surface area (Å²) < 4.78 is 0. The average molecular weight is 490 g/mol. The molecule has 0 saturated heterocycles. The first-order chi connectivity index (χ1) is 16.5. The Morgan fingerprint density at radius 1 is 1.17 bits per heavy atom. The molecule has 0 aromatic carbocycles. The summed E-state index contributed by atoms with van der Waals surface area (Å²) in [6.45, 7) is 4.30. The van der Waals surface area contributed by atoms with Crippen molar-refractivity contribution in [3.8, 4) is 0 Å². The molecule has 35 heavy (non-hydrogen) atoms. The summed E-state index contributed by atoms with van der Waals surface area (Å²) in [6.07, 6.45) is 10.1. The normalized spacial score (nSPS) is 37.9. The fourth-order valence-corrected chi connectivity index (χ4v) is 7.57. The van der Waals surface area contributed by atoms with Crippen LogP contribution in [0.4, 0.5) is 0 Å². The number of carboxylic acid groups (broad SMARTS) is 1. The molecular formula is C26H39N3O6. The zero-order valence-corrected chi connectivity index (χ0v) is 20.8. The lowest BCUT2D eigenvalue weighted by molar-refractivity contribution is -0.142. The van der Waals surface area contributed by atoms with E-state index in [0.29, 0.717) is 17.8 Å². The highest BCUT2D eigenvalue weighted by Gasteiger charge is 2.58. The number of allylic oxidation sites excluding steroid dienone is 2. The van der Waals surface area contributed by atoms with Crippen LogP contribution < -0.4 is 11.1 Å². The molecule has 0 heterocycles. The molecule has 194 valence electrons. The van der Waals surface area contributed by atoms with E-state index in [4.69, 9.17) is 10.6 Å². The minimum Gasteiger partial charge on any atom is -0.480 e. The predicted molar refractivity (Wildman–Crippen MR) is 129 cm³/mol. The molecule has 4 aliphatic rings. The second-order valence-corrected chi connectivity index (χ2v) is 11.5. The second-order valence-electron chi connectivity index (χ2n) is 11.5. The number of rotatable bonds is 8. The summed E-state index contributed by atoms with van der Waals surface area (Å²) >= 11 is 0. The van der Waals surface area contributed by atoms with Gasteiger partial charge in [0.25, 0.3) is 5.91 Å². The Balaban J connectivity index is 1.35. The van der Waals surface area contributed by atoms with Crippen molar-refractivity contribution in [2.24, 2.45) is 39.5 Å². The summed E-state index contributed by atoms with van der Waals surface area (Å²) in [5.74, 6) is -0.542. The van der Waals surface area contributed by atoms with Gasteiger partial charge in [-0.25, -0.2) is 4.79 Å². The second kappa shape index (κ2) is 9.91. The number of carbonyl (C=O) groups is 3. The fraction of sp³-hybridized carbons (Fsp3) is 0.769. The lowest BCUT2D eigenvalue weighted by Gasteiger charge is -2.57. The first-order valence-electron chi connectivity index (χ1n) is 12.9. The van der Waals surface area contributed by atoms with E-state index in [1.807, 2.05) is 0 Å². The Labute approximate surface area is 206 Å². The Morgan fingerprint density at radius 2 is 1.94 bits per heavy atom. The molecule has 4 rings (SSSR count). The zero-order chi connectivity index (χ0) is 25.4. The van der Waals surface area contributed by atoms with Crippen molar-refractivity contribution in [3.05, 3.63) is 11.6 Å². The lowest BCUT2D eigenvalue weighted by atomic mass is 9.47. The summed E-state index contributed by atoms with van der Waals surface area (Å²) in [5.41, 5.74) is 7.50.